The normalized spacial score (nSPS) is 11.9. The van der Waals surface area contributed by atoms with E-state index in [2.05, 4.69) is 60.7 Å². The average molecular weight is 656 g/mol. The predicted molar refractivity (Wildman–Crippen MR) is 203 cm³/mol. The van der Waals surface area contributed by atoms with Crippen LogP contribution in [0.1, 0.15) is 0 Å². The van der Waals surface area contributed by atoms with Crippen LogP contribution in [0.2, 0.25) is 0 Å². The van der Waals surface area contributed by atoms with Gasteiger partial charge in [-0.25, -0.2) is 15.0 Å². The van der Waals surface area contributed by atoms with Crippen molar-refractivity contribution in [3.05, 3.63) is 152 Å². The Labute approximate surface area is 290 Å². The molecule has 0 atom stereocenters. The molecular weight excluding hydrogens is 631 g/mol. The number of fused-ring (bicyclic) bond motifs is 9. The Hall–Kier alpha value is -7.05. The van der Waals surface area contributed by atoms with Crippen LogP contribution in [0.3, 0.4) is 0 Å². The van der Waals surface area contributed by atoms with Gasteiger partial charge in [0.25, 0.3) is 0 Å². The second-order valence-electron chi connectivity index (χ2n) is 12.7. The molecule has 0 radical (unpaired) electrons. The molecule has 0 spiro atoms. The maximum absolute atomic E-state index is 6.72. The zero-order valence-corrected chi connectivity index (χ0v) is 27.0. The third-order valence-electron chi connectivity index (χ3n) is 9.76. The van der Waals surface area contributed by atoms with Crippen molar-refractivity contribution in [1.29, 1.82) is 0 Å². The lowest BCUT2D eigenvalue weighted by atomic mass is 10.00. The molecule has 0 aliphatic heterocycles. The second kappa shape index (κ2) is 10.7. The van der Waals surface area contributed by atoms with Crippen LogP contribution in [-0.4, -0.2) is 15.0 Å². The molecule has 4 aromatic heterocycles. The minimum Gasteiger partial charge on any atom is -0.456 e. The molecule has 0 fully saturated rings. The fourth-order valence-electron chi connectivity index (χ4n) is 7.41. The third kappa shape index (κ3) is 4.26. The van der Waals surface area contributed by atoms with E-state index in [9.17, 15) is 0 Å². The summed E-state index contributed by atoms with van der Waals surface area (Å²) in [5, 5.41) is 6.21. The van der Waals surface area contributed by atoms with Crippen molar-refractivity contribution in [3.8, 4) is 45.3 Å². The first-order valence-corrected chi connectivity index (χ1v) is 16.9. The molecule has 0 bridgehead atoms. The molecule has 0 aliphatic rings. The molecule has 7 aromatic carbocycles. The van der Waals surface area contributed by atoms with Crippen LogP contribution < -0.4 is 0 Å². The van der Waals surface area contributed by atoms with E-state index < -0.39 is 0 Å². The van der Waals surface area contributed by atoms with Gasteiger partial charge in [-0.2, -0.15) is 0 Å². The van der Waals surface area contributed by atoms with E-state index in [-0.39, 0.29) is 0 Å². The molecule has 51 heavy (non-hydrogen) atoms. The highest BCUT2D eigenvalue weighted by atomic mass is 16.3. The van der Waals surface area contributed by atoms with Gasteiger partial charge in [0.15, 0.2) is 17.5 Å². The molecule has 11 aromatic rings. The van der Waals surface area contributed by atoms with E-state index in [1.165, 1.54) is 0 Å². The Kier molecular flexibility index (Phi) is 5.86. The smallest absolute Gasteiger partial charge is 0.164 e. The molecule has 11 rings (SSSR count). The van der Waals surface area contributed by atoms with Crippen LogP contribution in [-0.2, 0) is 0 Å². The minimum absolute atomic E-state index is 0.554. The van der Waals surface area contributed by atoms with E-state index in [1.807, 2.05) is 91.0 Å². The molecule has 4 heterocycles. The van der Waals surface area contributed by atoms with Gasteiger partial charge in [-0.3, -0.25) is 0 Å². The van der Waals surface area contributed by atoms with E-state index in [4.69, 9.17) is 28.2 Å². The summed E-state index contributed by atoms with van der Waals surface area (Å²) in [6, 6.07) is 51.0. The van der Waals surface area contributed by atoms with Gasteiger partial charge in [-0.15, -0.1) is 0 Å². The molecule has 0 unspecified atom stereocenters. The summed E-state index contributed by atoms with van der Waals surface area (Å²) in [5.74, 6) is 1.71. The molecule has 0 N–H and O–H groups in total. The topological polar surface area (TPSA) is 78.1 Å². The number of nitrogens with zero attached hydrogens (tertiary/aromatic N) is 3. The van der Waals surface area contributed by atoms with Crippen LogP contribution in [0, 0.1) is 0 Å². The summed E-state index contributed by atoms with van der Waals surface area (Å²) in [4.78, 5) is 15.1. The van der Waals surface area contributed by atoms with Crippen LogP contribution in [0.15, 0.2) is 165 Å². The molecule has 0 amide bonds. The fraction of sp³-hybridized carbons (Fsp3) is 0. The molecule has 0 saturated heterocycles. The van der Waals surface area contributed by atoms with Gasteiger partial charge in [-0.1, -0.05) is 121 Å². The van der Waals surface area contributed by atoms with Gasteiger partial charge in [0.2, 0.25) is 0 Å². The lowest BCUT2D eigenvalue weighted by Gasteiger charge is -2.09. The summed E-state index contributed by atoms with van der Waals surface area (Å²) >= 11 is 0. The number of hydrogen-bond acceptors (Lipinski definition) is 6. The molecule has 6 nitrogen and oxygen atoms in total. The summed E-state index contributed by atoms with van der Waals surface area (Å²) in [5.41, 5.74) is 9.45. The summed E-state index contributed by atoms with van der Waals surface area (Å²) < 4.78 is 19.3. The number of aromatic nitrogens is 3. The number of rotatable bonds is 4. The maximum atomic E-state index is 6.72. The zero-order valence-electron chi connectivity index (χ0n) is 27.0. The van der Waals surface area contributed by atoms with Crippen molar-refractivity contribution in [2.24, 2.45) is 0 Å². The van der Waals surface area contributed by atoms with E-state index in [0.717, 1.165) is 93.6 Å². The van der Waals surface area contributed by atoms with E-state index in [1.54, 1.807) is 0 Å². The summed E-state index contributed by atoms with van der Waals surface area (Å²) in [7, 11) is 0. The monoisotopic (exact) mass is 655 g/mol. The molecule has 6 heteroatoms. The van der Waals surface area contributed by atoms with E-state index >= 15 is 0 Å². The largest absolute Gasteiger partial charge is 0.456 e. The van der Waals surface area contributed by atoms with Crippen LogP contribution in [0.4, 0.5) is 0 Å². The Morgan fingerprint density at radius 1 is 0.314 bits per heavy atom. The van der Waals surface area contributed by atoms with Crippen molar-refractivity contribution in [3.63, 3.8) is 0 Å². The number of benzene rings is 7. The Balaban J connectivity index is 1.11. The fourth-order valence-corrected chi connectivity index (χ4v) is 7.41. The number of furan rings is 3. The van der Waals surface area contributed by atoms with Crippen molar-refractivity contribution in [2.75, 3.05) is 0 Å². The quantitative estimate of drug-likeness (QED) is 0.188. The van der Waals surface area contributed by atoms with Gasteiger partial charge < -0.3 is 13.3 Å². The standard InChI is InChI=1S/C45H25N3O3/c1-2-11-26(12-3-1)43-46-44(48-45(47-43)35-19-10-22-38-40(35)34-14-5-7-21-37(34)49-38)27-23-24-29-31-16-9-18-33(42(31)51-39(29)25-27)32-17-8-15-30-28-13-4-6-20-36(28)50-41(30)32/h1-25H. The van der Waals surface area contributed by atoms with Gasteiger partial charge in [0.05, 0.1) is 0 Å². The van der Waals surface area contributed by atoms with Crippen molar-refractivity contribution in [1.82, 2.24) is 15.0 Å². The number of para-hydroxylation sites is 4. The first-order valence-electron chi connectivity index (χ1n) is 16.9. The number of hydrogen-bond donors (Lipinski definition) is 0. The third-order valence-corrected chi connectivity index (χ3v) is 9.76. The first kappa shape index (κ1) is 27.9. The highest BCUT2D eigenvalue weighted by Crippen LogP contribution is 2.42. The Morgan fingerprint density at radius 3 is 1.61 bits per heavy atom. The van der Waals surface area contributed by atoms with Gasteiger partial charge in [0.1, 0.15) is 33.5 Å². The predicted octanol–water partition coefficient (Wildman–Crippen LogP) is 12.2. The lowest BCUT2D eigenvalue weighted by Crippen LogP contribution is -2.00. The molecule has 238 valence electrons. The Morgan fingerprint density at radius 2 is 0.843 bits per heavy atom. The second-order valence-corrected chi connectivity index (χ2v) is 12.7. The lowest BCUT2D eigenvalue weighted by molar-refractivity contribution is 0.665. The van der Waals surface area contributed by atoms with Crippen molar-refractivity contribution < 1.29 is 13.3 Å². The van der Waals surface area contributed by atoms with Crippen molar-refractivity contribution in [2.45, 2.75) is 0 Å². The first-order chi connectivity index (χ1) is 25.3. The van der Waals surface area contributed by atoms with Gasteiger partial charge >= 0.3 is 0 Å². The highest BCUT2D eigenvalue weighted by molar-refractivity contribution is 6.15. The molecule has 0 aliphatic carbocycles. The van der Waals surface area contributed by atoms with E-state index in [0.29, 0.717) is 17.5 Å². The Bertz CT molecular complexity index is 3150. The molecular formula is C45H25N3O3. The van der Waals surface area contributed by atoms with Crippen molar-refractivity contribution >= 4 is 65.8 Å². The van der Waals surface area contributed by atoms with Crippen LogP contribution in [0.25, 0.3) is 111 Å². The van der Waals surface area contributed by atoms with Crippen LogP contribution >= 0.6 is 0 Å². The van der Waals surface area contributed by atoms with Gasteiger partial charge in [-0.05, 0) is 30.3 Å². The zero-order chi connectivity index (χ0) is 33.5. The molecule has 0 saturated carbocycles. The van der Waals surface area contributed by atoms with Crippen LogP contribution in [0.5, 0.6) is 0 Å². The maximum Gasteiger partial charge on any atom is 0.164 e. The summed E-state index contributed by atoms with van der Waals surface area (Å²) in [6.07, 6.45) is 0. The highest BCUT2D eigenvalue weighted by Gasteiger charge is 2.20. The summed E-state index contributed by atoms with van der Waals surface area (Å²) in [6.45, 7) is 0. The average Bonchev–Trinajstić information content (AvgIpc) is 3.89. The SMILES string of the molecule is c1ccc(-c2nc(-c3ccc4c(c3)oc3c(-c5cccc6c5oc5ccccc56)cccc34)nc(-c3cccc4oc5ccccc5c34)n2)cc1. The minimum atomic E-state index is 0.554. The van der Waals surface area contributed by atoms with Gasteiger partial charge in [0, 0.05) is 60.1 Å².